The smallest absolute Gasteiger partial charge is 0.418 e. The molecule has 4 rings (SSSR count). The maximum Gasteiger partial charge on any atom is 0.418 e. The lowest BCUT2D eigenvalue weighted by atomic mass is 10.1. The highest BCUT2D eigenvalue weighted by molar-refractivity contribution is 5.91. The number of aromatic nitrogens is 1. The van der Waals surface area contributed by atoms with E-state index < -0.39 is 29.1 Å². The molecule has 1 aromatic carbocycles. The van der Waals surface area contributed by atoms with Crippen molar-refractivity contribution in [2.75, 3.05) is 5.32 Å². The fourth-order valence-corrected chi connectivity index (χ4v) is 3.43. The zero-order valence-corrected chi connectivity index (χ0v) is 17.5. The Bertz CT molecular complexity index is 1170. The molecule has 178 valence electrons. The van der Waals surface area contributed by atoms with Crippen molar-refractivity contribution in [1.29, 1.82) is 0 Å². The Morgan fingerprint density at radius 2 is 1.97 bits per heavy atom. The standard InChI is InChI=1S/C22H19F4N5O3/c23-14-1-4-18(17(9-14)22(24,25)26)30-16-3-2-15(27-12-16)11-28-20(34)21(6-7-21)31-8-5-13(10-29-31)19(32)33/h1-5,8-10,12,29-30H,6-7,11H2,(H,28,34)(H,32,33). The summed E-state index contributed by atoms with van der Waals surface area (Å²) in [4.78, 5) is 27.9. The number of aliphatic carboxylic acids is 1. The molecule has 0 saturated heterocycles. The molecular weight excluding hydrogens is 458 g/mol. The molecule has 0 atom stereocenters. The number of hydrazine groups is 1. The number of benzene rings is 1. The van der Waals surface area contributed by atoms with Gasteiger partial charge in [-0.25, -0.2) is 9.18 Å². The topological polar surface area (TPSA) is 107 Å². The Labute approximate surface area is 190 Å². The van der Waals surface area contributed by atoms with Gasteiger partial charge in [-0.05, 0) is 49.2 Å². The van der Waals surface area contributed by atoms with E-state index in [2.05, 4.69) is 21.0 Å². The van der Waals surface area contributed by atoms with Gasteiger partial charge in [-0.2, -0.15) is 13.2 Å². The third-order valence-electron chi connectivity index (χ3n) is 5.44. The maximum absolute atomic E-state index is 13.3. The molecule has 2 heterocycles. The van der Waals surface area contributed by atoms with Crippen molar-refractivity contribution < 1.29 is 32.3 Å². The second kappa shape index (κ2) is 8.69. The van der Waals surface area contributed by atoms with Crippen LogP contribution in [0.4, 0.5) is 28.9 Å². The summed E-state index contributed by atoms with van der Waals surface area (Å²) in [6.45, 7) is 0.0823. The molecule has 8 nitrogen and oxygen atoms in total. The largest absolute Gasteiger partial charge is 0.478 e. The quantitative estimate of drug-likeness (QED) is 0.453. The van der Waals surface area contributed by atoms with Crippen molar-refractivity contribution in [3.63, 3.8) is 0 Å². The van der Waals surface area contributed by atoms with E-state index >= 15 is 0 Å². The number of pyridine rings is 1. The number of rotatable bonds is 7. The predicted molar refractivity (Wildman–Crippen MR) is 113 cm³/mol. The number of alkyl halides is 3. The molecule has 0 unspecified atom stereocenters. The van der Waals surface area contributed by atoms with Crippen molar-refractivity contribution >= 4 is 23.3 Å². The van der Waals surface area contributed by atoms with Crippen LogP contribution in [0.5, 0.6) is 0 Å². The van der Waals surface area contributed by atoms with E-state index in [1.807, 2.05) is 0 Å². The first kappa shape index (κ1) is 23.1. The molecule has 12 heteroatoms. The van der Waals surface area contributed by atoms with Gasteiger partial charge < -0.3 is 21.2 Å². The summed E-state index contributed by atoms with van der Waals surface area (Å²) >= 11 is 0. The highest BCUT2D eigenvalue weighted by atomic mass is 19.4. The monoisotopic (exact) mass is 477 g/mol. The Kier molecular flexibility index (Phi) is 5.90. The van der Waals surface area contributed by atoms with E-state index in [-0.39, 0.29) is 29.4 Å². The van der Waals surface area contributed by atoms with E-state index in [9.17, 15) is 27.2 Å². The van der Waals surface area contributed by atoms with E-state index in [1.54, 1.807) is 11.1 Å². The molecule has 4 N–H and O–H groups in total. The highest BCUT2D eigenvalue weighted by Crippen LogP contribution is 2.42. The molecule has 1 aliphatic carbocycles. The van der Waals surface area contributed by atoms with Crippen LogP contribution < -0.4 is 16.1 Å². The average molecular weight is 477 g/mol. The lowest BCUT2D eigenvalue weighted by Crippen LogP contribution is -2.51. The van der Waals surface area contributed by atoms with Crippen LogP contribution in [0.25, 0.3) is 0 Å². The van der Waals surface area contributed by atoms with Crippen LogP contribution >= 0.6 is 0 Å². The van der Waals surface area contributed by atoms with Gasteiger partial charge in [0.25, 0.3) is 0 Å². The van der Waals surface area contributed by atoms with Gasteiger partial charge in [0.1, 0.15) is 11.4 Å². The molecule has 1 saturated carbocycles. The van der Waals surface area contributed by atoms with Crippen LogP contribution in [0, 0.1) is 5.82 Å². The minimum absolute atomic E-state index is 0.0633. The number of carbonyl (C=O) groups is 2. The van der Waals surface area contributed by atoms with Crippen LogP contribution in [0.1, 0.15) is 24.1 Å². The molecule has 2 aliphatic rings. The van der Waals surface area contributed by atoms with Crippen molar-refractivity contribution in [3.8, 4) is 0 Å². The number of amides is 1. The van der Waals surface area contributed by atoms with Gasteiger partial charge in [0.05, 0.1) is 40.9 Å². The summed E-state index contributed by atoms with van der Waals surface area (Å²) in [7, 11) is 0. The minimum atomic E-state index is -4.73. The average Bonchev–Trinajstić information content (AvgIpc) is 3.61. The zero-order valence-electron chi connectivity index (χ0n) is 17.5. The zero-order chi connectivity index (χ0) is 24.5. The highest BCUT2D eigenvalue weighted by Gasteiger charge is 2.54. The number of carboxylic acid groups (broad SMARTS) is 1. The number of hydrogen-bond donors (Lipinski definition) is 4. The van der Waals surface area contributed by atoms with Gasteiger partial charge in [0.15, 0.2) is 0 Å². The second-order valence-electron chi connectivity index (χ2n) is 7.78. The van der Waals surface area contributed by atoms with Gasteiger partial charge in [-0.3, -0.25) is 14.8 Å². The van der Waals surface area contributed by atoms with E-state index in [4.69, 9.17) is 5.11 Å². The predicted octanol–water partition coefficient (Wildman–Crippen LogP) is 3.43. The van der Waals surface area contributed by atoms with Crippen molar-refractivity contribution in [1.82, 2.24) is 20.7 Å². The third-order valence-corrected chi connectivity index (χ3v) is 5.44. The number of anilines is 2. The van der Waals surface area contributed by atoms with Crippen molar-refractivity contribution in [2.45, 2.75) is 31.1 Å². The fraction of sp³-hybridized carbons (Fsp3) is 0.227. The van der Waals surface area contributed by atoms with Crippen LogP contribution in [-0.4, -0.2) is 32.5 Å². The lowest BCUT2D eigenvalue weighted by Gasteiger charge is -2.31. The van der Waals surface area contributed by atoms with E-state index in [1.165, 1.54) is 30.7 Å². The van der Waals surface area contributed by atoms with Gasteiger partial charge in [-0.1, -0.05) is 0 Å². The summed E-state index contributed by atoms with van der Waals surface area (Å²) in [5, 5.41) is 15.9. The number of carboxylic acids is 1. The Hall–Kier alpha value is -4.09. The summed E-state index contributed by atoms with van der Waals surface area (Å²) in [6, 6.07) is 5.38. The molecule has 1 fully saturated rings. The van der Waals surface area contributed by atoms with E-state index in [0.29, 0.717) is 24.6 Å². The Balaban J connectivity index is 1.36. The van der Waals surface area contributed by atoms with Gasteiger partial charge in [0.2, 0.25) is 5.91 Å². The van der Waals surface area contributed by atoms with Crippen LogP contribution in [0.3, 0.4) is 0 Å². The van der Waals surface area contributed by atoms with Gasteiger partial charge >= 0.3 is 12.1 Å². The fourth-order valence-electron chi connectivity index (χ4n) is 3.43. The molecular formula is C22H19F4N5O3. The SMILES string of the molecule is O=C(O)C1=CNN(C2(C(=O)NCc3ccc(Nc4ccc(F)cc4C(F)(F)F)cn3)CC2)C=C1. The van der Waals surface area contributed by atoms with Crippen LogP contribution in [-0.2, 0) is 22.3 Å². The molecule has 34 heavy (non-hydrogen) atoms. The Morgan fingerprint density at radius 1 is 1.21 bits per heavy atom. The first-order valence-electron chi connectivity index (χ1n) is 10.1. The summed E-state index contributed by atoms with van der Waals surface area (Å²) in [5.41, 5.74) is 1.31. The molecule has 2 aromatic rings. The lowest BCUT2D eigenvalue weighted by molar-refractivity contribution is -0.137. The number of carbonyl (C=O) groups excluding carboxylic acids is 1. The molecule has 1 amide bonds. The number of hydrogen-bond acceptors (Lipinski definition) is 6. The maximum atomic E-state index is 13.3. The second-order valence-corrected chi connectivity index (χ2v) is 7.78. The third kappa shape index (κ3) is 4.80. The molecule has 0 bridgehead atoms. The van der Waals surface area contributed by atoms with Crippen molar-refractivity contribution in [3.05, 3.63) is 77.7 Å². The number of nitrogens with zero attached hydrogens (tertiary/aromatic N) is 2. The van der Waals surface area contributed by atoms with E-state index in [0.717, 1.165) is 12.1 Å². The summed E-state index contributed by atoms with van der Waals surface area (Å²) < 4.78 is 52.7. The van der Waals surface area contributed by atoms with Crippen molar-refractivity contribution in [2.24, 2.45) is 0 Å². The van der Waals surface area contributed by atoms with Gasteiger partial charge in [-0.15, -0.1) is 0 Å². The number of nitrogens with one attached hydrogen (secondary N) is 3. The minimum Gasteiger partial charge on any atom is -0.478 e. The summed E-state index contributed by atoms with van der Waals surface area (Å²) in [5.74, 6) is -2.36. The number of halogens is 4. The molecule has 1 aliphatic heterocycles. The van der Waals surface area contributed by atoms with Gasteiger partial charge in [0, 0.05) is 12.4 Å². The first-order chi connectivity index (χ1) is 16.1. The molecule has 1 aromatic heterocycles. The summed E-state index contributed by atoms with van der Waals surface area (Å²) in [6.07, 6.45) is 1.91. The molecule has 0 radical (unpaired) electrons. The first-order valence-corrected chi connectivity index (χ1v) is 10.1. The van der Waals surface area contributed by atoms with Crippen LogP contribution in [0.15, 0.2) is 60.6 Å². The van der Waals surface area contributed by atoms with Crippen LogP contribution in [0.2, 0.25) is 0 Å². The molecule has 0 spiro atoms. The normalized spacial score (nSPS) is 16.4. The Morgan fingerprint density at radius 3 is 2.53 bits per heavy atom.